The maximum Gasteiger partial charge on any atom is 0.409 e. The molecular formula is C20H16N4O3. The van der Waals surface area contributed by atoms with Crippen molar-refractivity contribution in [1.82, 2.24) is 14.7 Å². The Balaban J connectivity index is 1.68. The summed E-state index contributed by atoms with van der Waals surface area (Å²) < 4.78 is 7.27. The molecule has 0 radical (unpaired) electrons. The maximum atomic E-state index is 10.7. The molecule has 4 rings (SSSR count). The van der Waals surface area contributed by atoms with E-state index < -0.39 is 6.09 Å². The van der Waals surface area contributed by atoms with E-state index in [1.54, 1.807) is 18.5 Å². The number of hydrogen-bond donors (Lipinski definition) is 2. The molecule has 0 bridgehead atoms. The van der Waals surface area contributed by atoms with Crippen LogP contribution in [0.5, 0.6) is 0 Å². The number of nitrogens with one attached hydrogen (secondary N) is 1. The molecule has 0 unspecified atom stereocenters. The Kier molecular flexibility index (Phi) is 4.18. The van der Waals surface area contributed by atoms with E-state index in [9.17, 15) is 4.79 Å². The van der Waals surface area contributed by atoms with Crippen molar-refractivity contribution in [3.05, 3.63) is 72.9 Å². The van der Waals surface area contributed by atoms with Gasteiger partial charge in [0.2, 0.25) is 0 Å². The molecule has 134 valence electrons. The molecule has 0 aliphatic heterocycles. The Hall–Kier alpha value is -3.87. The minimum atomic E-state index is -1.09. The van der Waals surface area contributed by atoms with Gasteiger partial charge < -0.3 is 14.2 Å². The molecule has 0 saturated heterocycles. The molecule has 0 aliphatic rings. The van der Waals surface area contributed by atoms with Gasteiger partial charge in [-0.3, -0.25) is 5.32 Å². The van der Waals surface area contributed by atoms with Crippen LogP contribution in [0.25, 0.3) is 28.2 Å². The van der Waals surface area contributed by atoms with Crippen molar-refractivity contribution in [3.63, 3.8) is 0 Å². The lowest BCUT2D eigenvalue weighted by Gasteiger charge is -2.04. The molecule has 1 amide bonds. The SMILES string of the molecule is Cc1onc(-c2ccccc2)c1-c1cn(-c2ccc(NC(=O)O)cc2)cn1. The second kappa shape index (κ2) is 6.80. The van der Waals surface area contributed by atoms with Gasteiger partial charge in [-0.15, -0.1) is 0 Å². The van der Waals surface area contributed by atoms with Crippen LogP contribution in [0, 0.1) is 6.92 Å². The van der Waals surface area contributed by atoms with Crippen LogP contribution in [0.2, 0.25) is 0 Å². The van der Waals surface area contributed by atoms with Crippen molar-refractivity contribution in [1.29, 1.82) is 0 Å². The lowest BCUT2D eigenvalue weighted by atomic mass is 10.0. The van der Waals surface area contributed by atoms with E-state index in [1.165, 1.54) is 0 Å². The summed E-state index contributed by atoms with van der Waals surface area (Å²) in [4.78, 5) is 15.2. The standard InChI is InChI=1S/C20H16N4O3/c1-13-18(19(23-27-13)14-5-3-2-4-6-14)17-11-24(12-21-17)16-9-7-15(8-10-16)22-20(25)26/h2-12,22H,1H3,(H,25,26). The average Bonchev–Trinajstić information content (AvgIpc) is 3.29. The Morgan fingerprint density at radius 1 is 1.11 bits per heavy atom. The zero-order valence-electron chi connectivity index (χ0n) is 14.5. The summed E-state index contributed by atoms with van der Waals surface area (Å²) in [5.74, 6) is 0.695. The van der Waals surface area contributed by atoms with E-state index in [2.05, 4.69) is 15.5 Å². The van der Waals surface area contributed by atoms with Crippen molar-refractivity contribution < 1.29 is 14.4 Å². The van der Waals surface area contributed by atoms with E-state index in [0.717, 1.165) is 28.2 Å². The van der Waals surface area contributed by atoms with Crippen LogP contribution >= 0.6 is 0 Å². The number of hydrogen-bond acceptors (Lipinski definition) is 4. The molecule has 0 fully saturated rings. The molecule has 2 aromatic carbocycles. The number of carboxylic acid groups (broad SMARTS) is 1. The van der Waals surface area contributed by atoms with Crippen LogP contribution in [0.15, 0.2) is 71.6 Å². The van der Waals surface area contributed by atoms with Crippen molar-refractivity contribution in [2.75, 3.05) is 5.32 Å². The summed E-state index contributed by atoms with van der Waals surface area (Å²) in [6, 6.07) is 16.8. The maximum absolute atomic E-state index is 10.7. The highest BCUT2D eigenvalue weighted by Crippen LogP contribution is 2.33. The first-order chi connectivity index (χ1) is 13.1. The van der Waals surface area contributed by atoms with Crippen molar-refractivity contribution in [2.45, 2.75) is 6.92 Å². The summed E-state index contributed by atoms with van der Waals surface area (Å²) >= 11 is 0. The number of nitrogens with zero attached hydrogens (tertiary/aromatic N) is 3. The molecule has 0 saturated carbocycles. The number of imidazole rings is 1. The van der Waals surface area contributed by atoms with Gasteiger partial charge in [-0.05, 0) is 31.2 Å². The smallest absolute Gasteiger partial charge is 0.409 e. The van der Waals surface area contributed by atoms with E-state index in [1.807, 2.05) is 60.2 Å². The molecule has 7 heteroatoms. The number of carbonyl (C=O) groups is 1. The first-order valence-electron chi connectivity index (χ1n) is 8.28. The summed E-state index contributed by atoms with van der Waals surface area (Å²) in [7, 11) is 0. The predicted molar refractivity (Wildman–Crippen MR) is 101 cm³/mol. The minimum Gasteiger partial charge on any atom is -0.465 e. The molecular weight excluding hydrogens is 344 g/mol. The Labute approximate surface area is 154 Å². The second-order valence-electron chi connectivity index (χ2n) is 5.97. The molecule has 0 aliphatic carbocycles. The highest BCUT2D eigenvalue weighted by molar-refractivity contribution is 5.83. The largest absolute Gasteiger partial charge is 0.465 e. The predicted octanol–water partition coefficient (Wildman–Crippen LogP) is 4.59. The van der Waals surface area contributed by atoms with Crippen molar-refractivity contribution >= 4 is 11.8 Å². The zero-order chi connectivity index (χ0) is 18.8. The zero-order valence-corrected chi connectivity index (χ0v) is 14.5. The van der Waals surface area contributed by atoms with E-state index in [4.69, 9.17) is 9.63 Å². The van der Waals surface area contributed by atoms with Gasteiger partial charge in [-0.1, -0.05) is 35.5 Å². The fourth-order valence-corrected chi connectivity index (χ4v) is 2.90. The molecule has 4 aromatic rings. The summed E-state index contributed by atoms with van der Waals surface area (Å²) in [5.41, 5.74) is 4.68. The quantitative estimate of drug-likeness (QED) is 0.555. The topological polar surface area (TPSA) is 93.2 Å². The van der Waals surface area contributed by atoms with E-state index in [-0.39, 0.29) is 0 Å². The van der Waals surface area contributed by atoms with Crippen molar-refractivity contribution in [2.24, 2.45) is 0 Å². The Bertz CT molecular complexity index is 1080. The summed E-state index contributed by atoms with van der Waals surface area (Å²) in [6.07, 6.45) is 2.51. The highest BCUT2D eigenvalue weighted by Gasteiger charge is 2.18. The van der Waals surface area contributed by atoms with Gasteiger partial charge in [-0.2, -0.15) is 0 Å². The molecule has 2 N–H and O–H groups in total. The fourth-order valence-electron chi connectivity index (χ4n) is 2.90. The lowest BCUT2D eigenvalue weighted by molar-refractivity contribution is 0.210. The summed E-state index contributed by atoms with van der Waals surface area (Å²) in [6.45, 7) is 1.86. The number of benzene rings is 2. The normalized spacial score (nSPS) is 10.7. The first kappa shape index (κ1) is 16.6. The molecule has 2 aromatic heterocycles. The van der Waals surface area contributed by atoms with Gasteiger partial charge in [0, 0.05) is 23.1 Å². The van der Waals surface area contributed by atoms with Crippen LogP contribution in [-0.2, 0) is 0 Å². The minimum absolute atomic E-state index is 0.507. The van der Waals surface area contributed by atoms with E-state index in [0.29, 0.717) is 11.4 Å². The number of aryl methyl sites for hydroxylation is 1. The van der Waals surface area contributed by atoms with Crippen LogP contribution in [0.4, 0.5) is 10.5 Å². The van der Waals surface area contributed by atoms with Gasteiger partial charge in [0.1, 0.15) is 11.5 Å². The first-order valence-corrected chi connectivity index (χ1v) is 8.28. The summed E-state index contributed by atoms with van der Waals surface area (Å²) in [5, 5.41) is 15.3. The van der Waals surface area contributed by atoms with Gasteiger partial charge in [0.25, 0.3) is 0 Å². The van der Waals surface area contributed by atoms with Crippen LogP contribution in [0.3, 0.4) is 0 Å². The molecule has 0 spiro atoms. The van der Waals surface area contributed by atoms with Gasteiger partial charge in [-0.25, -0.2) is 9.78 Å². The lowest BCUT2D eigenvalue weighted by Crippen LogP contribution is -2.06. The Morgan fingerprint density at radius 3 is 2.56 bits per heavy atom. The van der Waals surface area contributed by atoms with Crippen LogP contribution in [0.1, 0.15) is 5.76 Å². The third-order valence-electron chi connectivity index (χ3n) is 4.17. The van der Waals surface area contributed by atoms with Crippen molar-refractivity contribution in [3.8, 4) is 28.2 Å². The van der Waals surface area contributed by atoms with Crippen LogP contribution < -0.4 is 5.32 Å². The third-order valence-corrected chi connectivity index (χ3v) is 4.17. The second-order valence-corrected chi connectivity index (χ2v) is 5.97. The van der Waals surface area contributed by atoms with Gasteiger partial charge in [0.05, 0.1) is 17.6 Å². The molecule has 7 nitrogen and oxygen atoms in total. The molecule has 27 heavy (non-hydrogen) atoms. The number of amides is 1. The van der Waals surface area contributed by atoms with Gasteiger partial charge in [0.15, 0.2) is 0 Å². The monoisotopic (exact) mass is 360 g/mol. The van der Waals surface area contributed by atoms with Crippen LogP contribution in [-0.4, -0.2) is 25.9 Å². The third kappa shape index (κ3) is 3.30. The number of anilines is 1. The number of aromatic nitrogens is 3. The fraction of sp³-hybridized carbons (Fsp3) is 0.0500. The average molecular weight is 360 g/mol. The molecule has 2 heterocycles. The Morgan fingerprint density at radius 2 is 1.85 bits per heavy atom. The highest BCUT2D eigenvalue weighted by atomic mass is 16.5. The molecule has 0 atom stereocenters. The van der Waals surface area contributed by atoms with Gasteiger partial charge >= 0.3 is 6.09 Å². The number of rotatable bonds is 4. The van der Waals surface area contributed by atoms with E-state index >= 15 is 0 Å².